The number of carbonyl (C=O) groups is 2. The van der Waals surface area contributed by atoms with Crippen molar-refractivity contribution in [3.8, 4) is 23.0 Å². The maximum atomic E-state index is 12.6. The summed E-state index contributed by atoms with van der Waals surface area (Å²) >= 11 is 0. The third kappa shape index (κ3) is 6.29. The number of esters is 1. The van der Waals surface area contributed by atoms with E-state index in [-0.39, 0.29) is 4.90 Å². The lowest BCUT2D eigenvalue weighted by Crippen LogP contribution is -2.35. The average Bonchev–Trinajstić information content (AvgIpc) is 3.07. The first-order valence-corrected chi connectivity index (χ1v) is 11.8. The highest BCUT2D eigenvalue weighted by Gasteiger charge is 2.23. The molecule has 2 aromatic carbocycles. The Morgan fingerprint density at radius 1 is 1.03 bits per heavy atom. The molecule has 0 radical (unpaired) electrons. The number of benzene rings is 2. The van der Waals surface area contributed by atoms with Crippen molar-refractivity contribution in [2.45, 2.75) is 24.3 Å². The van der Waals surface area contributed by atoms with Gasteiger partial charge in [0.2, 0.25) is 10.0 Å². The number of hydrogen-bond donors (Lipinski definition) is 2. The van der Waals surface area contributed by atoms with Crippen LogP contribution in [0.4, 0.5) is 5.69 Å². The summed E-state index contributed by atoms with van der Waals surface area (Å²) in [5, 5.41) is 2.59. The van der Waals surface area contributed by atoms with Gasteiger partial charge in [0.15, 0.2) is 17.6 Å². The molecule has 1 aliphatic heterocycles. The van der Waals surface area contributed by atoms with E-state index in [0.29, 0.717) is 48.3 Å². The van der Waals surface area contributed by atoms with Crippen LogP contribution in [-0.2, 0) is 24.3 Å². The minimum atomic E-state index is -4.04. The van der Waals surface area contributed by atoms with E-state index < -0.39 is 34.5 Å². The van der Waals surface area contributed by atoms with E-state index in [1.54, 1.807) is 18.2 Å². The highest BCUT2D eigenvalue weighted by Crippen LogP contribution is 2.32. The highest BCUT2D eigenvalue weighted by atomic mass is 32.2. The summed E-state index contributed by atoms with van der Waals surface area (Å²) in [4.78, 5) is 24.5. The lowest BCUT2D eigenvalue weighted by atomic mass is 10.2. The van der Waals surface area contributed by atoms with Gasteiger partial charge in [-0.15, -0.1) is 0 Å². The monoisotopic (exact) mass is 494 g/mol. The second kappa shape index (κ2) is 11.1. The van der Waals surface area contributed by atoms with E-state index in [1.807, 2.05) is 0 Å². The molecule has 0 spiro atoms. The van der Waals surface area contributed by atoms with Crippen molar-refractivity contribution in [3.05, 3.63) is 36.4 Å². The molecule has 1 unspecified atom stereocenters. The molecule has 0 bridgehead atoms. The summed E-state index contributed by atoms with van der Waals surface area (Å²) in [6.07, 6.45) is -0.525. The topological polar surface area (TPSA) is 138 Å². The standard InChI is InChI=1S/C22H26N2O9S/c1-14(22(26)24-17-11-15(29-2)5-7-18(17)30-3)33-21(25)13-23-34(27,28)16-6-8-19-20(12-16)32-10-4-9-31-19/h5-8,11-12,14,23H,4,9-10,13H2,1-3H3,(H,24,26). The summed E-state index contributed by atoms with van der Waals surface area (Å²) in [7, 11) is -1.12. The molecule has 184 valence electrons. The van der Waals surface area contributed by atoms with Crippen molar-refractivity contribution in [2.75, 3.05) is 39.3 Å². The number of rotatable bonds is 9. The summed E-state index contributed by atoms with van der Waals surface area (Å²) in [6, 6.07) is 8.99. The number of ether oxygens (including phenoxy) is 5. The van der Waals surface area contributed by atoms with Gasteiger partial charge in [-0.05, 0) is 31.2 Å². The van der Waals surface area contributed by atoms with Gasteiger partial charge in [0.1, 0.15) is 18.0 Å². The number of anilines is 1. The fourth-order valence-corrected chi connectivity index (χ4v) is 3.97. The van der Waals surface area contributed by atoms with Crippen LogP contribution in [0.5, 0.6) is 23.0 Å². The quantitative estimate of drug-likeness (QED) is 0.499. The highest BCUT2D eigenvalue weighted by molar-refractivity contribution is 7.89. The number of nitrogens with one attached hydrogen (secondary N) is 2. The second-order valence-electron chi connectivity index (χ2n) is 7.17. The lowest BCUT2D eigenvalue weighted by molar-refractivity contribution is -0.151. The number of amides is 1. The van der Waals surface area contributed by atoms with E-state index in [9.17, 15) is 18.0 Å². The molecule has 0 saturated carbocycles. The molecule has 2 aromatic rings. The second-order valence-corrected chi connectivity index (χ2v) is 8.94. The van der Waals surface area contributed by atoms with E-state index in [0.717, 1.165) is 0 Å². The Hall–Kier alpha value is -3.51. The molecule has 1 aliphatic rings. The molecule has 0 saturated heterocycles. The number of sulfonamides is 1. The van der Waals surface area contributed by atoms with Crippen LogP contribution in [0.1, 0.15) is 13.3 Å². The summed E-state index contributed by atoms with van der Waals surface area (Å²) < 4.78 is 53.7. The van der Waals surface area contributed by atoms with E-state index in [4.69, 9.17) is 23.7 Å². The molecule has 3 rings (SSSR count). The molecule has 34 heavy (non-hydrogen) atoms. The average molecular weight is 495 g/mol. The molecule has 12 heteroatoms. The van der Waals surface area contributed by atoms with Crippen LogP contribution in [0.25, 0.3) is 0 Å². The van der Waals surface area contributed by atoms with Gasteiger partial charge < -0.3 is 29.0 Å². The van der Waals surface area contributed by atoms with Crippen LogP contribution in [0.2, 0.25) is 0 Å². The fourth-order valence-electron chi connectivity index (χ4n) is 2.99. The summed E-state index contributed by atoms with van der Waals surface area (Å²) in [5.74, 6) is 0.0638. The van der Waals surface area contributed by atoms with E-state index >= 15 is 0 Å². The van der Waals surface area contributed by atoms with Crippen LogP contribution in [0.3, 0.4) is 0 Å². The fraction of sp³-hybridized carbons (Fsp3) is 0.364. The third-order valence-electron chi connectivity index (χ3n) is 4.78. The Kier molecular flexibility index (Phi) is 8.18. The molecule has 0 aromatic heterocycles. The Labute approximate surface area is 197 Å². The largest absolute Gasteiger partial charge is 0.497 e. The van der Waals surface area contributed by atoms with Crippen LogP contribution in [-0.4, -0.2) is 60.4 Å². The lowest BCUT2D eigenvalue weighted by Gasteiger charge is -2.16. The van der Waals surface area contributed by atoms with Crippen molar-refractivity contribution in [3.63, 3.8) is 0 Å². The Morgan fingerprint density at radius 2 is 1.76 bits per heavy atom. The Morgan fingerprint density at radius 3 is 2.47 bits per heavy atom. The maximum absolute atomic E-state index is 12.6. The predicted molar refractivity (Wildman–Crippen MR) is 121 cm³/mol. The van der Waals surface area contributed by atoms with Crippen LogP contribution in [0.15, 0.2) is 41.3 Å². The Balaban J connectivity index is 1.57. The van der Waals surface area contributed by atoms with Gasteiger partial charge in [-0.1, -0.05) is 0 Å². The zero-order valence-corrected chi connectivity index (χ0v) is 19.8. The van der Waals surface area contributed by atoms with Crippen molar-refractivity contribution in [1.82, 2.24) is 4.72 Å². The first-order chi connectivity index (χ1) is 16.2. The first kappa shape index (κ1) is 25.1. The molecule has 2 N–H and O–H groups in total. The van der Waals surface area contributed by atoms with Crippen LogP contribution < -0.4 is 29.0 Å². The van der Waals surface area contributed by atoms with Crippen LogP contribution >= 0.6 is 0 Å². The third-order valence-corrected chi connectivity index (χ3v) is 6.18. The zero-order chi connectivity index (χ0) is 24.7. The molecule has 1 atom stereocenters. The van der Waals surface area contributed by atoms with Gasteiger partial charge in [-0.25, -0.2) is 8.42 Å². The van der Waals surface area contributed by atoms with E-state index in [1.165, 1.54) is 39.3 Å². The minimum absolute atomic E-state index is 0.0968. The van der Waals surface area contributed by atoms with Gasteiger partial charge in [0.25, 0.3) is 5.91 Å². The number of fused-ring (bicyclic) bond motifs is 1. The summed E-state index contributed by atoms with van der Waals surface area (Å²) in [6.45, 7) is 1.56. The predicted octanol–water partition coefficient (Wildman–Crippen LogP) is 1.71. The van der Waals surface area contributed by atoms with Gasteiger partial charge in [0.05, 0.1) is 38.0 Å². The first-order valence-electron chi connectivity index (χ1n) is 10.3. The minimum Gasteiger partial charge on any atom is -0.497 e. The molecule has 11 nitrogen and oxygen atoms in total. The van der Waals surface area contributed by atoms with Crippen molar-refractivity contribution < 1.29 is 41.7 Å². The number of methoxy groups -OCH3 is 2. The van der Waals surface area contributed by atoms with Crippen molar-refractivity contribution >= 4 is 27.6 Å². The molecule has 1 amide bonds. The smallest absolute Gasteiger partial charge is 0.321 e. The molecule has 0 aliphatic carbocycles. The Bertz CT molecular complexity index is 1150. The van der Waals surface area contributed by atoms with Crippen molar-refractivity contribution in [1.29, 1.82) is 0 Å². The maximum Gasteiger partial charge on any atom is 0.321 e. The SMILES string of the molecule is COc1ccc(OC)c(NC(=O)C(C)OC(=O)CNS(=O)(=O)c2ccc3c(c2)OCCCO3)c1. The van der Waals surface area contributed by atoms with Gasteiger partial charge in [0, 0.05) is 18.6 Å². The molecular weight excluding hydrogens is 468 g/mol. The molecular formula is C22H26N2O9S. The van der Waals surface area contributed by atoms with E-state index in [2.05, 4.69) is 10.0 Å². The van der Waals surface area contributed by atoms with Crippen LogP contribution in [0, 0.1) is 0 Å². The number of carbonyl (C=O) groups excluding carboxylic acids is 2. The normalized spacial score (nSPS) is 13.9. The molecule has 1 heterocycles. The number of hydrogen-bond acceptors (Lipinski definition) is 9. The van der Waals surface area contributed by atoms with Gasteiger partial charge >= 0.3 is 5.97 Å². The zero-order valence-electron chi connectivity index (χ0n) is 19.0. The summed E-state index contributed by atoms with van der Waals surface area (Å²) in [5.41, 5.74) is 0.324. The van der Waals surface area contributed by atoms with Gasteiger partial charge in [-0.2, -0.15) is 4.72 Å². The van der Waals surface area contributed by atoms with Gasteiger partial charge in [-0.3, -0.25) is 9.59 Å². The van der Waals surface area contributed by atoms with Crippen molar-refractivity contribution in [2.24, 2.45) is 0 Å². The molecule has 0 fully saturated rings.